The Bertz CT molecular complexity index is 1030. The molecule has 0 amide bonds. The van der Waals surface area contributed by atoms with Crippen molar-refractivity contribution in [1.82, 2.24) is 0 Å². The molecule has 338 valence electrons. The van der Waals surface area contributed by atoms with E-state index >= 15 is 0 Å². The van der Waals surface area contributed by atoms with E-state index in [4.69, 9.17) is 18.9 Å². The van der Waals surface area contributed by atoms with Crippen molar-refractivity contribution in [3.05, 3.63) is 48.6 Å². The van der Waals surface area contributed by atoms with Gasteiger partial charge in [0.2, 0.25) is 0 Å². The van der Waals surface area contributed by atoms with E-state index in [-0.39, 0.29) is 19.2 Å². The molecule has 0 radical (unpaired) electrons. The zero-order chi connectivity index (χ0) is 42.2. The molecule has 1 heterocycles. The van der Waals surface area contributed by atoms with Gasteiger partial charge in [0.05, 0.1) is 19.8 Å². The van der Waals surface area contributed by atoms with Crippen molar-refractivity contribution in [3.63, 3.8) is 0 Å². The highest BCUT2D eigenvalue weighted by atomic mass is 16.7. The van der Waals surface area contributed by atoms with Crippen LogP contribution in [0, 0.1) is 0 Å². The van der Waals surface area contributed by atoms with E-state index in [1.165, 1.54) is 103 Å². The molecule has 1 aliphatic rings. The van der Waals surface area contributed by atoms with Crippen LogP contribution in [0.25, 0.3) is 0 Å². The SMILES string of the molecule is CC/C=C\C/C=C\C/C=C\C/C=C\CCCCCCCCCOCC(COC1OC(CO)C(O)C(O)C1O)OC(=O)CCCCCCCCCCCCCCCCC. The van der Waals surface area contributed by atoms with E-state index < -0.39 is 43.4 Å². The van der Waals surface area contributed by atoms with Crippen LogP contribution in [0.4, 0.5) is 0 Å². The van der Waals surface area contributed by atoms with E-state index in [1.807, 2.05) is 0 Å². The van der Waals surface area contributed by atoms with Gasteiger partial charge in [-0.1, -0.05) is 184 Å². The predicted octanol–water partition coefficient (Wildman–Crippen LogP) is 10.9. The molecule has 58 heavy (non-hydrogen) atoms. The lowest BCUT2D eigenvalue weighted by Gasteiger charge is -2.39. The number of aliphatic hydroxyl groups excluding tert-OH is 4. The lowest BCUT2D eigenvalue weighted by atomic mass is 9.99. The van der Waals surface area contributed by atoms with E-state index in [2.05, 4.69) is 62.5 Å². The van der Waals surface area contributed by atoms with Gasteiger partial charge in [0.1, 0.15) is 30.5 Å². The van der Waals surface area contributed by atoms with Gasteiger partial charge in [-0.2, -0.15) is 0 Å². The zero-order valence-corrected chi connectivity index (χ0v) is 37.0. The van der Waals surface area contributed by atoms with Gasteiger partial charge in [-0.3, -0.25) is 4.79 Å². The van der Waals surface area contributed by atoms with Crippen molar-refractivity contribution in [1.29, 1.82) is 0 Å². The molecule has 6 atom stereocenters. The first-order valence-corrected chi connectivity index (χ1v) is 23.7. The monoisotopic (exact) mass is 821 g/mol. The second-order valence-corrected chi connectivity index (χ2v) is 16.2. The average molecular weight is 821 g/mol. The van der Waals surface area contributed by atoms with Crippen LogP contribution >= 0.6 is 0 Å². The molecule has 9 nitrogen and oxygen atoms in total. The quantitative estimate of drug-likeness (QED) is 0.0271. The predicted molar refractivity (Wildman–Crippen MR) is 238 cm³/mol. The number of allylic oxidation sites excluding steroid dienone is 8. The van der Waals surface area contributed by atoms with Crippen LogP contribution in [0.2, 0.25) is 0 Å². The van der Waals surface area contributed by atoms with Crippen LogP contribution in [0.1, 0.15) is 194 Å². The molecule has 4 N–H and O–H groups in total. The fourth-order valence-electron chi connectivity index (χ4n) is 7.07. The maximum atomic E-state index is 12.8. The largest absolute Gasteiger partial charge is 0.457 e. The van der Waals surface area contributed by atoms with Gasteiger partial charge in [-0.15, -0.1) is 0 Å². The molecule has 6 unspecified atom stereocenters. The Kier molecular flexibility index (Phi) is 37.9. The van der Waals surface area contributed by atoms with Crippen molar-refractivity contribution in [2.24, 2.45) is 0 Å². The van der Waals surface area contributed by atoms with E-state index in [1.54, 1.807) is 0 Å². The molecule has 0 aromatic rings. The van der Waals surface area contributed by atoms with E-state index in [0.29, 0.717) is 13.0 Å². The van der Waals surface area contributed by atoms with Crippen LogP contribution in [0.3, 0.4) is 0 Å². The number of esters is 1. The third-order valence-corrected chi connectivity index (χ3v) is 10.8. The number of ether oxygens (including phenoxy) is 4. The minimum atomic E-state index is -1.54. The highest BCUT2D eigenvalue weighted by Crippen LogP contribution is 2.23. The summed E-state index contributed by atoms with van der Waals surface area (Å²) in [6.45, 7) is 4.43. The zero-order valence-electron chi connectivity index (χ0n) is 37.0. The summed E-state index contributed by atoms with van der Waals surface area (Å²) in [5.41, 5.74) is 0. The van der Waals surface area contributed by atoms with Gasteiger partial charge < -0.3 is 39.4 Å². The van der Waals surface area contributed by atoms with Crippen molar-refractivity contribution < 1.29 is 44.2 Å². The lowest BCUT2D eigenvalue weighted by molar-refractivity contribution is -0.305. The summed E-state index contributed by atoms with van der Waals surface area (Å²) in [7, 11) is 0. The summed E-state index contributed by atoms with van der Waals surface area (Å²) in [6, 6.07) is 0. The van der Waals surface area contributed by atoms with Gasteiger partial charge >= 0.3 is 5.97 Å². The molecule has 0 aliphatic carbocycles. The van der Waals surface area contributed by atoms with Crippen LogP contribution in [-0.2, 0) is 23.7 Å². The number of rotatable bonds is 40. The number of aliphatic hydroxyl groups is 4. The standard InChI is InChI=1S/C49H88O9/c1-3-5-7-9-11-13-15-17-19-20-21-22-23-25-27-29-31-33-35-37-39-55-41-43(42-56-49-48(54)47(53)46(52)44(40-50)58-49)57-45(51)38-36-34-32-30-28-26-24-18-16-14-12-10-8-6-4-2/h5,7,11,13,17,19,21-22,43-44,46-50,52-54H,3-4,6,8-10,12,14-16,18,20,23-42H2,1-2H3/b7-5-,13-11-,19-17-,22-21-. The van der Waals surface area contributed by atoms with Crippen molar-refractivity contribution in [3.8, 4) is 0 Å². The number of hydrogen-bond acceptors (Lipinski definition) is 9. The lowest BCUT2D eigenvalue weighted by Crippen LogP contribution is -2.59. The highest BCUT2D eigenvalue weighted by Gasteiger charge is 2.44. The molecule has 1 saturated heterocycles. The van der Waals surface area contributed by atoms with Gasteiger partial charge in [-0.05, 0) is 51.4 Å². The molecule has 0 aromatic heterocycles. The molecule has 9 heteroatoms. The molecule has 0 bridgehead atoms. The molecule has 0 aromatic carbocycles. The molecule has 1 rings (SSSR count). The summed E-state index contributed by atoms with van der Waals surface area (Å²) in [5, 5.41) is 40.2. The number of carbonyl (C=O) groups is 1. The van der Waals surface area contributed by atoms with Crippen LogP contribution in [-0.4, -0.2) is 89.6 Å². The van der Waals surface area contributed by atoms with Crippen molar-refractivity contribution in [2.45, 2.75) is 230 Å². The molecule has 1 fully saturated rings. The smallest absolute Gasteiger partial charge is 0.306 e. The second-order valence-electron chi connectivity index (χ2n) is 16.2. The summed E-state index contributed by atoms with van der Waals surface area (Å²) >= 11 is 0. The van der Waals surface area contributed by atoms with Gasteiger partial charge in [-0.25, -0.2) is 0 Å². The third-order valence-electron chi connectivity index (χ3n) is 10.8. The summed E-state index contributed by atoms with van der Waals surface area (Å²) in [6.07, 6.45) is 42.8. The second kappa shape index (κ2) is 40.6. The Balaban J connectivity index is 2.24. The Morgan fingerprint density at radius 2 is 1.05 bits per heavy atom. The first kappa shape index (κ1) is 54.2. The first-order chi connectivity index (χ1) is 28.4. The number of carbonyl (C=O) groups excluding carboxylic acids is 1. The Morgan fingerprint density at radius 3 is 1.59 bits per heavy atom. The Hall–Kier alpha value is -1.85. The van der Waals surface area contributed by atoms with Gasteiger partial charge in [0, 0.05) is 13.0 Å². The van der Waals surface area contributed by atoms with Gasteiger partial charge in [0.15, 0.2) is 6.29 Å². The molecule has 1 aliphatic heterocycles. The number of hydrogen-bond donors (Lipinski definition) is 4. The summed E-state index contributed by atoms with van der Waals surface area (Å²) in [4.78, 5) is 12.8. The fraction of sp³-hybridized carbons (Fsp3) is 0.816. The van der Waals surface area contributed by atoms with Crippen LogP contribution in [0.5, 0.6) is 0 Å². The maximum Gasteiger partial charge on any atom is 0.306 e. The molecular weight excluding hydrogens is 733 g/mol. The average Bonchev–Trinajstić information content (AvgIpc) is 3.22. The highest BCUT2D eigenvalue weighted by molar-refractivity contribution is 5.69. The third kappa shape index (κ3) is 31.1. The molecular formula is C49H88O9. The first-order valence-electron chi connectivity index (χ1n) is 23.7. The van der Waals surface area contributed by atoms with Crippen LogP contribution < -0.4 is 0 Å². The summed E-state index contributed by atoms with van der Waals surface area (Å²) in [5.74, 6) is -0.317. The minimum Gasteiger partial charge on any atom is -0.457 e. The van der Waals surface area contributed by atoms with E-state index in [9.17, 15) is 25.2 Å². The minimum absolute atomic E-state index is 0.117. The van der Waals surface area contributed by atoms with Crippen LogP contribution in [0.15, 0.2) is 48.6 Å². The molecule has 0 saturated carbocycles. The van der Waals surface area contributed by atoms with Gasteiger partial charge in [0.25, 0.3) is 0 Å². The Morgan fingerprint density at radius 1 is 0.569 bits per heavy atom. The fourth-order valence-corrected chi connectivity index (χ4v) is 7.07. The van der Waals surface area contributed by atoms with Crippen molar-refractivity contribution >= 4 is 5.97 Å². The topological polar surface area (TPSA) is 135 Å². The van der Waals surface area contributed by atoms with E-state index in [0.717, 1.165) is 70.6 Å². The molecule has 0 spiro atoms. The number of unbranched alkanes of at least 4 members (excludes halogenated alkanes) is 21. The van der Waals surface area contributed by atoms with Crippen molar-refractivity contribution in [2.75, 3.05) is 26.4 Å². The summed E-state index contributed by atoms with van der Waals surface area (Å²) < 4.78 is 22.8. The normalized spacial score (nSPS) is 20.7. The maximum absolute atomic E-state index is 12.8. The Labute approximate surface area is 354 Å².